The second-order valence-electron chi connectivity index (χ2n) is 7.24. The van der Waals surface area contributed by atoms with Crippen LogP contribution in [0.5, 0.6) is 0 Å². The fourth-order valence-electron chi connectivity index (χ4n) is 3.96. The number of carbonyl (C=O) groups is 1. The molecule has 27 heavy (non-hydrogen) atoms. The predicted octanol–water partition coefficient (Wildman–Crippen LogP) is 2.68. The van der Waals surface area contributed by atoms with Crippen LogP contribution in [0.15, 0.2) is 12.4 Å². The summed E-state index contributed by atoms with van der Waals surface area (Å²) < 4.78 is 68.9. The largest absolute Gasteiger partial charge is 0.490 e. The van der Waals surface area contributed by atoms with Gasteiger partial charge in [0.15, 0.2) is 5.69 Å². The summed E-state index contributed by atoms with van der Waals surface area (Å²) in [6.07, 6.45) is -4.22. The van der Waals surface area contributed by atoms with Crippen LogP contribution in [0.1, 0.15) is 25.0 Å². The molecule has 4 fully saturated rings. The molecule has 2 heterocycles. The van der Waals surface area contributed by atoms with E-state index < -0.39 is 24.0 Å². The van der Waals surface area contributed by atoms with Gasteiger partial charge >= 0.3 is 18.3 Å². The summed E-state index contributed by atoms with van der Waals surface area (Å²) in [4.78, 5) is 16.2. The molecule has 1 saturated heterocycles. The first kappa shape index (κ1) is 19.6. The lowest BCUT2D eigenvalue weighted by Crippen LogP contribution is -2.76. The quantitative estimate of drug-likeness (QED) is 0.679. The highest BCUT2D eigenvalue weighted by atomic mass is 19.4. The van der Waals surface area contributed by atoms with Crippen molar-refractivity contribution in [3.63, 3.8) is 0 Å². The van der Waals surface area contributed by atoms with E-state index >= 15 is 0 Å². The molecule has 0 atom stereocenters. The topological polar surface area (TPSA) is 87.1 Å². The number of carboxylic acid groups (broad SMARTS) is 1. The van der Waals surface area contributed by atoms with E-state index in [1.807, 2.05) is 0 Å². The molecule has 3 N–H and O–H groups in total. The van der Waals surface area contributed by atoms with E-state index in [1.54, 1.807) is 0 Å². The Hall–Kier alpha value is -2.11. The number of aromatic nitrogens is 2. The molecule has 0 unspecified atom stereocenters. The molecule has 12 heteroatoms. The number of hydrogen-bond acceptors (Lipinski definition) is 5. The van der Waals surface area contributed by atoms with E-state index in [9.17, 15) is 26.3 Å². The van der Waals surface area contributed by atoms with Crippen molar-refractivity contribution in [1.82, 2.24) is 15.3 Å². The smallest absolute Gasteiger partial charge is 0.475 e. The van der Waals surface area contributed by atoms with E-state index in [0.29, 0.717) is 11.2 Å². The molecule has 1 aliphatic heterocycles. The molecule has 5 rings (SSSR count). The minimum Gasteiger partial charge on any atom is -0.475 e. The number of anilines is 1. The average Bonchev–Trinajstić information content (AvgIpc) is 2.41. The van der Waals surface area contributed by atoms with Crippen LogP contribution in [0.4, 0.5) is 32.2 Å². The summed E-state index contributed by atoms with van der Waals surface area (Å²) in [6, 6.07) is 0. The highest BCUT2D eigenvalue weighted by molar-refractivity contribution is 5.73. The first-order valence-electron chi connectivity index (χ1n) is 8.04. The fraction of sp³-hybridized carbons (Fsp3) is 0.667. The maximum atomic E-state index is 12.4. The van der Waals surface area contributed by atoms with Crippen molar-refractivity contribution in [3.05, 3.63) is 18.1 Å². The first-order valence-corrected chi connectivity index (χ1v) is 8.04. The molecule has 3 aliphatic carbocycles. The second kappa shape index (κ2) is 6.21. The lowest BCUT2D eigenvalue weighted by Gasteiger charge is -2.74. The van der Waals surface area contributed by atoms with Gasteiger partial charge in [-0.2, -0.15) is 26.3 Å². The standard InChI is InChI=1S/C13H15F3N4.C2HF3O2/c14-13(15,16)9-3-19-10(4-18-9)20-12-5-11(6-12,7-12)8-1-17-2-8;3-2(4,5)1(6)7/h3-4,8,17H,1-2,5-7H2,(H,19,20);(H,6,7). The van der Waals surface area contributed by atoms with E-state index in [-0.39, 0.29) is 5.54 Å². The number of nitrogens with zero attached hydrogens (tertiary/aromatic N) is 2. The van der Waals surface area contributed by atoms with Gasteiger partial charge in [0, 0.05) is 5.54 Å². The van der Waals surface area contributed by atoms with Crippen LogP contribution in [-0.4, -0.2) is 45.8 Å². The van der Waals surface area contributed by atoms with Gasteiger partial charge in [-0.05, 0) is 43.7 Å². The first-order chi connectivity index (χ1) is 12.4. The van der Waals surface area contributed by atoms with Crippen molar-refractivity contribution >= 4 is 11.8 Å². The maximum Gasteiger partial charge on any atom is 0.490 e. The average molecular weight is 398 g/mol. The fourth-order valence-corrected chi connectivity index (χ4v) is 3.96. The molecular weight excluding hydrogens is 382 g/mol. The summed E-state index contributed by atoms with van der Waals surface area (Å²) >= 11 is 0. The Balaban J connectivity index is 0.000000260. The SMILES string of the molecule is FC(F)(F)c1cnc(NC23CC(C4CNC4)(C2)C3)cn1.O=C(O)C(F)(F)F. The molecule has 0 aromatic carbocycles. The van der Waals surface area contributed by atoms with Crippen molar-refractivity contribution < 1.29 is 36.2 Å². The summed E-state index contributed by atoms with van der Waals surface area (Å²) in [5, 5.41) is 13.7. The Morgan fingerprint density at radius 3 is 2.00 bits per heavy atom. The van der Waals surface area contributed by atoms with E-state index in [1.165, 1.54) is 6.20 Å². The van der Waals surface area contributed by atoms with Crippen LogP contribution >= 0.6 is 0 Å². The Morgan fingerprint density at radius 2 is 1.67 bits per heavy atom. The number of aliphatic carboxylic acids is 1. The number of nitrogens with one attached hydrogen (secondary N) is 2. The van der Waals surface area contributed by atoms with Gasteiger partial charge in [0.05, 0.1) is 12.4 Å². The zero-order valence-electron chi connectivity index (χ0n) is 13.8. The van der Waals surface area contributed by atoms with Crippen molar-refractivity contribution in [2.45, 2.75) is 37.2 Å². The zero-order valence-corrected chi connectivity index (χ0v) is 13.8. The molecular formula is C15H16F6N4O2. The van der Waals surface area contributed by atoms with Crippen LogP contribution in [0, 0.1) is 11.3 Å². The van der Waals surface area contributed by atoms with Gasteiger partial charge in [-0.1, -0.05) is 0 Å². The second-order valence-corrected chi connectivity index (χ2v) is 7.24. The number of rotatable bonds is 3. The lowest BCUT2D eigenvalue weighted by atomic mass is 9.35. The summed E-state index contributed by atoms with van der Waals surface area (Å²) in [7, 11) is 0. The van der Waals surface area contributed by atoms with Gasteiger partial charge in [-0.25, -0.2) is 14.8 Å². The Morgan fingerprint density at radius 1 is 1.11 bits per heavy atom. The molecule has 1 aromatic rings. The molecule has 4 aliphatic rings. The van der Waals surface area contributed by atoms with E-state index in [4.69, 9.17) is 9.90 Å². The molecule has 2 bridgehead atoms. The molecule has 3 saturated carbocycles. The van der Waals surface area contributed by atoms with Crippen LogP contribution in [0.3, 0.4) is 0 Å². The van der Waals surface area contributed by atoms with Crippen molar-refractivity contribution in [3.8, 4) is 0 Å². The number of halogens is 6. The third-order valence-electron chi connectivity index (χ3n) is 5.30. The van der Waals surface area contributed by atoms with Gasteiger partial charge < -0.3 is 15.7 Å². The van der Waals surface area contributed by atoms with Crippen LogP contribution in [-0.2, 0) is 11.0 Å². The number of alkyl halides is 6. The molecule has 0 spiro atoms. The summed E-state index contributed by atoms with van der Waals surface area (Å²) in [6.45, 7) is 2.21. The van der Waals surface area contributed by atoms with Gasteiger partial charge in [0.1, 0.15) is 5.82 Å². The van der Waals surface area contributed by atoms with Crippen molar-refractivity contribution in [1.29, 1.82) is 0 Å². The van der Waals surface area contributed by atoms with Crippen molar-refractivity contribution in [2.75, 3.05) is 18.4 Å². The minimum atomic E-state index is -5.08. The number of carboxylic acids is 1. The molecule has 6 nitrogen and oxygen atoms in total. The predicted molar refractivity (Wildman–Crippen MR) is 79.7 cm³/mol. The van der Waals surface area contributed by atoms with Gasteiger partial charge in [0.2, 0.25) is 0 Å². The van der Waals surface area contributed by atoms with Gasteiger partial charge in [-0.3, -0.25) is 0 Å². The molecule has 0 amide bonds. The van der Waals surface area contributed by atoms with Crippen molar-refractivity contribution in [2.24, 2.45) is 11.3 Å². The highest BCUT2D eigenvalue weighted by Crippen LogP contribution is 2.72. The molecule has 1 aromatic heterocycles. The van der Waals surface area contributed by atoms with Gasteiger partial charge in [-0.15, -0.1) is 0 Å². The molecule has 0 radical (unpaired) electrons. The monoisotopic (exact) mass is 398 g/mol. The minimum absolute atomic E-state index is 0.0595. The van der Waals surface area contributed by atoms with E-state index in [0.717, 1.165) is 44.5 Å². The third-order valence-corrected chi connectivity index (χ3v) is 5.30. The Bertz CT molecular complexity index is 695. The van der Waals surface area contributed by atoms with E-state index in [2.05, 4.69) is 20.6 Å². The van der Waals surface area contributed by atoms with Crippen LogP contribution in [0.2, 0.25) is 0 Å². The third kappa shape index (κ3) is 3.80. The van der Waals surface area contributed by atoms with Crippen LogP contribution < -0.4 is 10.6 Å². The lowest BCUT2D eigenvalue weighted by molar-refractivity contribution is -0.192. The summed E-state index contributed by atoms with van der Waals surface area (Å²) in [5.41, 5.74) is -0.403. The van der Waals surface area contributed by atoms with Gasteiger partial charge in [0.25, 0.3) is 0 Å². The van der Waals surface area contributed by atoms with Crippen LogP contribution in [0.25, 0.3) is 0 Å². The molecule has 150 valence electrons. The normalized spacial score (nSPS) is 29.4. The summed E-state index contributed by atoms with van der Waals surface area (Å²) in [5.74, 6) is -1.53. The zero-order chi connectivity index (χ0) is 20.1. The maximum absolute atomic E-state index is 12.4. The Kier molecular flexibility index (Phi) is 4.52. The highest BCUT2D eigenvalue weighted by Gasteiger charge is 2.71. The number of hydrogen-bond donors (Lipinski definition) is 3. The Labute approximate surface area is 149 Å².